The normalized spacial score (nSPS) is 18.9. The van der Waals surface area contributed by atoms with Crippen LogP contribution in [0, 0.1) is 0 Å². The Morgan fingerprint density at radius 1 is 0.622 bits per heavy atom. The summed E-state index contributed by atoms with van der Waals surface area (Å²) in [7, 11) is -0.446. The zero-order valence-corrected chi connectivity index (χ0v) is 22.4. The van der Waals surface area contributed by atoms with Gasteiger partial charge in [0.05, 0.1) is 27.9 Å². The van der Waals surface area contributed by atoms with E-state index in [2.05, 4.69) is 131 Å². The first kappa shape index (κ1) is 22.8. The number of rotatable bonds is 2. The van der Waals surface area contributed by atoms with Gasteiger partial charge < -0.3 is 13.9 Å². The Morgan fingerprint density at radius 2 is 1.24 bits per heavy atom. The van der Waals surface area contributed by atoms with Crippen molar-refractivity contribution >= 4 is 34.4 Å². The molecule has 37 heavy (non-hydrogen) atoms. The van der Waals surface area contributed by atoms with Crippen molar-refractivity contribution in [2.75, 3.05) is 0 Å². The highest BCUT2D eigenvalue weighted by molar-refractivity contribution is 6.65. The topological polar surface area (TPSA) is 23.4 Å². The number of fused-ring (bicyclic) bond motifs is 6. The molecule has 1 saturated heterocycles. The summed E-state index contributed by atoms with van der Waals surface area (Å²) in [6.45, 7) is 13.2. The number of hydrogen-bond donors (Lipinski definition) is 0. The van der Waals surface area contributed by atoms with Gasteiger partial charge in [0.25, 0.3) is 0 Å². The van der Waals surface area contributed by atoms with Crippen LogP contribution in [0.25, 0.3) is 38.6 Å². The molecule has 0 atom stereocenters. The summed E-state index contributed by atoms with van der Waals surface area (Å²) in [5.74, 6) is 0. The van der Waals surface area contributed by atoms with Crippen molar-refractivity contribution in [3.8, 4) is 16.8 Å². The van der Waals surface area contributed by atoms with Gasteiger partial charge in [0.1, 0.15) is 0 Å². The summed E-state index contributed by atoms with van der Waals surface area (Å²) in [6.07, 6.45) is 0. The third-order valence-corrected chi connectivity index (χ3v) is 9.03. The molecule has 7 rings (SSSR count). The van der Waals surface area contributed by atoms with Crippen LogP contribution < -0.4 is 5.46 Å². The van der Waals surface area contributed by atoms with Crippen LogP contribution in [0.3, 0.4) is 0 Å². The van der Waals surface area contributed by atoms with Gasteiger partial charge in [-0.25, -0.2) is 0 Å². The molecule has 1 aliphatic carbocycles. The average Bonchev–Trinajstić information content (AvgIpc) is 3.42. The minimum Gasteiger partial charge on any atom is -0.399 e. The molecule has 0 radical (unpaired) electrons. The monoisotopic (exact) mass is 485 g/mol. The van der Waals surface area contributed by atoms with E-state index < -0.39 is 18.3 Å². The second-order valence-corrected chi connectivity index (χ2v) is 12.1. The fourth-order valence-electron chi connectivity index (χ4n) is 6.46. The molecule has 2 heterocycles. The maximum atomic E-state index is 6.59. The van der Waals surface area contributed by atoms with Gasteiger partial charge in [0, 0.05) is 21.7 Å². The molecule has 0 N–H and O–H groups in total. The van der Waals surface area contributed by atoms with E-state index in [1.165, 1.54) is 44.2 Å². The lowest BCUT2D eigenvalue weighted by Crippen LogP contribution is -2.41. The van der Waals surface area contributed by atoms with Crippen molar-refractivity contribution in [1.82, 2.24) is 4.57 Å². The molecule has 3 nitrogen and oxygen atoms in total. The van der Waals surface area contributed by atoms with Crippen LogP contribution in [0.2, 0.25) is 0 Å². The predicted molar refractivity (Wildman–Crippen MR) is 154 cm³/mol. The molecule has 1 fully saturated rings. The lowest BCUT2D eigenvalue weighted by atomic mass is 9.77. The van der Waals surface area contributed by atoms with Crippen molar-refractivity contribution < 1.29 is 9.31 Å². The third kappa shape index (κ3) is 2.97. The van der Waals surface area contributed by atoms with Crippen molar-refractivity contribution in [3.05, 3.63) is 96.1 Å². The minimum absolute atomic E-state index is 0.125. The van der Waals surface area contributed by atoms with E-state index in [4.69, 9.17) is 9.31 Å². The van der Waals surface area contributed by atoms with Crippen LogP contribution in [0.5, 0.6) is 0 Å². The second-order valence-electron chi connectivity index (χ2n) is 12.1. The summed E-state index contributed by atoms with van der Waals surface area (Å²) in [5.41, 5.74) is 9.08. The Kier molecular flexibility index (Phi) is 4.55. The molecule has 184 valence electrons. The molecule has 5 aromatic rings. The first-order valence-electron chi connectivity index (χ1n) is 13.2. The highest BCUT2D eigenvalue weighted by Crippen LogP contribution is 2.51. The van der Waals surface area contributed by atoms with Gasteiger partial charge in [-0.1, -0.05) is 86.6 Å². The van der Waals surface area contributed by atoms with Gasteiger partial charge in [0.15, 0.2) is 0 Å². The van der Waals surface area contributed by atoms with E-state index in [0.29, 0.717) is 0 Å². The Morgan fingerprint density at radius 3 is 2.03 bits per heavy atom. The van der Waals surface area contributed by atoms with E-state index in [1.54, 1.807) is 0 Å². The molecule has 2 aliphatic rings. The molecule has 0 unspecified atom stereocenters. The standard InChI is InChI=1S/C33H32BNO2/c1-31(2)25-17-9-7-13-21(25)23-15-12-20-28(29(23)31)35-27-19-10-8-14-22(27)24-16-11-18-26(30(24)35)34-36-32(3,4)33(5,6)37-34/h7-20H,1-6H3. The van der Waals surface area contributed by atoms with Crippen LogP contribution in [0.4, 0.5) is 0 Å². The van der Waals surface area contributed by atoms with Gasteiger partial charge in [-0.3, -0.25) is 0 Å². The minimum atomic E-state index is -0.446. The van der Waals surface area contributed by atoms with Crippen LogP contribution in [-0.4, -0.2) is 22.9 Å². The van der Waals surface area contributed by atoms with E-state index >= 15 is 0 Å². The Labute approximate surface area is 219 Å². The molecule has 1 aliphatic heterocycles. The summed E-state index contributed by atoms with van der Waals surface area (Å²) >= 11 is 0. The van der Waals surface area contributed by atoms with Gasteiger partial charge in [-0.2, -0.15) is 0 Å². The number of benzene rings is 4. The van der Waals surface area contributed by atoms with Crippen LogP contribution in [0.1, 0.15) is 52.7 Å². The fourth-order valence-corrected chi connectivity index (χ4v) is 6.46. The first-order valence-corrected chi connectivity index (χ1v) is 13.2. The predicted octanol–water partition coefficient (Wildman–Crippen LogP) is 7.39. The molecule has 1 aromatic heterocycles. The smallest absolute Gasteiger partial charge is 0.399 e. The molecular formula is C33H32BNO2. The Balaban J connectivity index is 1.57. The first-order chi connectivity index (χ1) is 17.6. The number of aromatic nitrogens is 1. The highest BCUT2D eigenvalue weighted by atomic mass is 16.7. The van der Waals surface area contributed by atoms with Crippen LogP contribution in [0.15, 0.2) is 84.9 Å². The molecule has 0 bridgehead atoms. The summed E-state index contributed by atoms with van der Waals surface area (Å²) < 4.78 is 15.6. The van der Waals surface area contributed by atoms with Crippen LogP contribution >= 0.6 is 0 Å². The van der Waals surface area contributed by atoms with Crippen molar-refractivity contribution in [3.63, 3.8) is 0 Å². The number of para-hydroxylation sites is 2. The molecule has 0 saturated carbocycles. The van der Waals surface area contributed by atoms with Gasteiger partial charge in [0.2, 0.25) is 0 Å². The maximum Gasteiger partial charge on any atom is 0.497 e. The fraction of sp³-hybridized carbons (Fsp3) is 0.273. The summed E-state index contributed by atoms with van der Waals surface area (Å²) in [4.78, 5) is 0. The van der Waals surface area contributed by atoms with Crippen LogP contribution in [-0.2, 0) is 14.7 Å². The Hall–Kier alpha value is -3.34. The molecule has 0 spiro atoms. The molecule has 4 aromatic carbocycles. The van der Waals surface area contributed by atoms with Gasteiger partial charge in [-0.05, 0) is 62.1 Å². The second kappa shape index (κ2) is 7.37. The zero-order chi connectivity index (χ0) is 25.7. The summed E-state index contributed by atoms with van der Waals surface area (Å²) in [6, 6.07) is 30.8. The van der Waals surface area contributed by atoms with E-state index in [0.717, 1.165) is 11.0 Å². The number of hydrogen-bond acceptors (Lipinski definition) is 2. The lowest BCUT2D eigenvalue weighted by molar-refractivity contribution is 0.00578. The average molecular weight is 485 g/mol. The quantitative estimate of drug-likeness (QED) is 0.244. The van der Waals surface area contributed by atoms with Crippen molar-refractivity contribution in [2.24, 2.45) is 0 Å². The lowest BCUT2D eigenvalue weighted by Gasteiger charge is -2.32. The molecule has 4 heteroatoms. The van der Waals surface area contributed by atoms with Gasteiger partial charge >= 0.3 is 7.12 Å². The van der Waals surface area contributed by atoms with Crippen molar-refractivity contribution in [2.45, 2.75) is 58.2 Å². The zero-order valence-electron chi connectivity index (χ0n) is 22.4. The number of nitrogens with zero attached hydrogens (tertiary/aromatic N) is 1. The van der Waals surface area contributed by atoms with E-state index in [1.807, 2.05) is 0 Å². The summed E-state index contributed by atoms with van der Waals surface area (Å²) in [5, 5.41) is 2.45. The largest absolute Gasteiger partial charge is 0.497 e. The van der Waals surface area contributed by atoms with Crippen molar-refractivity contribution in [1.29, 1.82) is 0 Å². The maximum absolute atomic E-state index is 6.59. The van der Waals surface area contributed by atoms with E-state index in [9.17, 15) is 0 Å². The molecule has 0 amide bonds. The Bertz CT molecular complexity index is 1710. The van der Waals surface area contributed by atoms with E-state index in [-0.39, 0.29) is 5.41 Å². The third-order valence-electron chi connectivity index (χ3n) is 9.03. The molecular weight excluding hydrogens is 453 g/mol. The SMILES string of the molecule is CC1(C)c2ccccc2-c2cccc(-n3c4ccccc4c4cccc(B5OC(C)(C)C(C)(C)O5)c43)c21. The highest BCUT2D eigenvalue weighted by Gasteiger charge is 2.52. The van der Waals surface area contributed by atoms with Gasteiger partial charge in [-0.15, -0.1) is 0 Å².